The van der Waals surface area contributed by atoms with E-state index in [0.29, 0.717) is 19.3 Å². The van der Waals surface area contributed by atoms with E-state index in [1.54, 1.807) is 0 Å². The zero-order valence-electron chi connectivity index (χ0n) is 25.8. The second-order valence-electron chi connectivity index (χ2n) is 11.3. The lowest BCUT2D eigenvalue weighted by Gasteiger charge is -2.24. The Morgan fingerprint density at radius 2 is 0.595 bits per heavy atom. The average Bonchev–Trinajstić information content (AvgIpc) is 2.90. The molecule has 0 aromatic carbocycles. The molecule has 0 aliphatic carbocycles. The van der Waals surface area contributed by atoms with Crippen LogP contribution < -0.4 is 0 Å². The van der Waals surface area contributed by atoms with E-state index in [0.717, 1.165) is 51.9 Å². The Morgan fingerprint density at radius 1 is 0.351 bits per heavy atom. The molecule has 0 rings (SSSR count). The summed E-state index contributed by atoms with van der Waals surface area (Å²) in [7, 11) is 0. The number of carbonyl (C=O) groups is 2. The zero-order chi connectivity index (χ0) is 27.4. The van der Waals surface area contributed by atoms with Crippen LogP contribution in [0.5, 0.6) is 0 Å². The average molecular weight is 523 g/mol. The largest absolute Gasteiger partial charge is 0.343 e. The first-order valence-electron chi connectivity index (χ1n) is 16.7. The van der Waals surface area contributed by atoms with Gasteiger partial charge in [-0.1, -0.05) is 130 Å². The van der Waals surface area contributed by atoms with Gasteiger partial charge in [-0.15, -0.1) is 0 Å². The smallest absolute Gasteiger partial charge is 0.222 e. The number of carbonyl (C=O) groups excluding carboxylic acids is 2. The quantitative estimate of drug-likeness (QED) is 0.0959. The van der Waals surface area contributed by atoms with Crippen molar-refractivity contribution >= 4 is 11.8 Å². The topological polar surface area (TPSA) is 40.6 Å². The third kappa shape index (κ3) is 22.6. The Bertz CT molecular complexity index is 465. The van der Waals surface area contributed by atoms with Crippen molar-refractivity contribution in [2.45, 2.75) is 175 Å². The highest BCUT2D eigenvalue weighted by Crippen LogP contribution is 2.13. The monoisotopic (exact) mass is 523 g/mol. The Balaban J connectivity index is 4.57. The summed E-state index contributed by atoms with van der Waals surface area (Å²) in [4.78, 5) is 30.4. The van der Waals surface area contributed by atoms with E-state index in [1.165, 1.54) is 103 Å². The van der Waals surface area contributed by atoms with Crippen LogP contribution in [0.15, 0.2) is 0 Å². The van der Waals surface area contributed by atoms with Crippen LogP contribution >= 0.6 is 0 Å². The molecule has 0 bridgehead atoms. The number of nitrogens with zero attached hydrogens (tertiary/aromatic N) is 2. The van der Waals surface area contributed by atoms with E-state index < -0.39 is 0 Å². The molecule has 37 heavy (non-hydrogen) atoms. The molecule has 4 heteroatoms. The highest BCUT2D eigenvalue weighted by molar-refractivity contribution is 5.79. The van der Waals surface area contributed by atoms with Crippen LogP contribution in [0.4, 0.5) is 0 Å². The zero-order valence-corrected chi connectivity index (χ0v) is 25.8. The molecule has 0 saturated heterocycles. The van der Waals surface area contributed by atoms with Gasteiger partial charge < -0.3 is 9.80 Å². The van der Waals surface area contributed by atoms with Crippen LogP contribution in [-0.4, -0.2) is 47.8 Å². The van der Waals surface area contributed by atoms with Gasteiger partial charge in [-0.2, -0.15) is 0 Å². The summed E-state index contributed by atoms with van der Waals surface area (Å²) < 4.78 is 0. The van der Waals surface area contributed by atoms with Crippen LogP contribution in [-0.2, 0) is 9.59 Å². The fourth-order valence-corrected chi connectivity index (χ4v) is 5.05. The molecule has 0 atom stereocenters. The maximum Gasteiger partial charge on any atom is 0.222 e. The number of rotatable bonds is 28. The van der Waals surface area contributed by atoms with E-state index in [-0.39, 0.29) is 11.8 Å². The summed E-state index contributed by atoms with van der Waals surface area (Å²) in [6.07, 6.45) is 26.4. The van der Waals surface area contributed by atoms with E-state index in [9.17, 15) is 9.59 Å². The SMILES string of the molecule is CCCCCCCCN(CCCCCC)C(=O)CCCC(=O)N(CCCCCC)CCCCCCCC. The number of amides is 2. The van der Waals surface area contributed by atoms with Gasteiger partial charge in [0.2, 0.25) is 11.8 Å². The molecule has 0 fully saturated rings. The van der Waals surface area contributed by atoms with Gasteiger partial charge in [-0.3, -0.25) is 9.59 Å². The Morgan fingerprint density at radius 3 is 0.892 bits per heavy atom. The summed E-state index contributed by atoms with van der Waals surface area (Å²) in [5, 5.41) is 0. The fraction of sp³-hybridized carbons (Fsp3) is 0.939. The molecule has 0 N–H and O–H groups in total. The molecule has 0 unspecified atom stereocenters. The molecule has 220 valence electrons. The van der Waals surface area contributed by atoms with E-state index in [4.69, 9.17) is 0 Å². The number of hydrogen-bond donors (Lipinski definition) is 0. The summed E-state index contributed by atoms with van der Waals surface area (Å²) in [6.45, 7) is 12.5. The summed E-state index contributed by atoms with van der Waals surface area (Å²) in [6, 6.07) is 0. The lowest BCUT2D eigenvalue weighted by atomic mass is 10.1. The fourth-order valence-electron chi connectivity index (χ4n) is 5.05. The summed E-state index contributed by atoms with van der Waals surface area (Å²) in [5.41, 5.74) is 0. The first-order valence-corrected chi connectivity index (χ1v) is 16.7. The van der Waals surface area contributed by atoms with Crippen LogP contribution in [0, 0.1) is 0 Å². The van der Waals surface area contributed by atoms with Crippen molar-refractivity contribution in [3.8, 4) is 0 Å². The van der Waals surface area contributed by atoms with Gasteiger partial charge in [0.25, 0.3) is 0 Å². The first-order chi connectivity index (χ1) is 18.1. The molecule has 0 heterocycles. The predicted molar refractivity (Wildman–Crippen MR) is 162 cm³/mol. The summed E-state index contributed by atoms with van der Waals surface area (Å²) in [5.74, 6) is 0.534. The minimum Gasteiger partial charge on any atom is -0.343 e. The Labute approximate surface area is 232 Å². The van der Waals surface area contributed by atoms with Gasteiger partial charge in [0, 0.05) is 39.0 Å². The third-order valence-corrected chi connectivity index (χ3v) is 7.61. The number of unbranched alkanes of at least 4 members (excludes halogenated alkanes) is 16. The van der Waals surface area contributed by atoms with Crippen LogP contribution in [0.2, 0.25) is 0 Å². The molecule has 0 aliphatic rings. The Hall–Kier alpha value is -1.06. The normalized spacial score (nSPS) is 11.1. The molecule has 0 radical (unpaired) electrons. The van der Waals surface area contributed by atoms with Crippen molar-refractivity contribution in [1.29, 1.82) is 0 Å². The maximum absolute atomic E-state index is 13.1. The van der Waals surface area contributed by atoms with Crippen molar-refractivity contribution in [2.75, 3.05) is 26.2 Å². The lowest BCUT2D eigenvalue weighted by Crippen LogP contribution is -2.34. The van der Waals surface area contributed by atoms with Gasteiger partial charge in [0.15, 0.2) is 0 Å². The minimum absolute atomic E-state index is 0.267. The van der Waals surface area contributed by atoms with Crippen molar-refractivity contribution in [1.82, 2.24) is 9.80 Å². The van der Waals surface area contributed by atoms with E-state index in [2.05, 4.69) is 37.5 Å². The van der Waals surface area contributed by atoms with E-state index >= 15 is 0 Å². The second kappa shape index (κ2) is 28.0. The van der Waals surface area contributed by atoms with Gasteiger partial charge in [-0.05, 0) is 32.1 Å². The van der Waals surface area contributed by atoms with Gasteiger partial charge >= 0.3 is 0 Å². The third-order valence-electron chi connectivity index (χ3n) is 7.61. The standard InChI is InChI=1S/C33H66N2O2/c1-5-9-13-17-19-23-30-34(28-21-15-11-7-3)32(36)26-25-27-33(37)35(29-22-16-12-8-4)31-24-20-18-14-10-6-2/h5-31H2,1-4H3. The highest BCUT2D eigenvalue weighted by atomic mass is 16.2. The maximum atomic E-state index is 13.1. The molecule has 0 aromatic rings. The minimum atomic E-state index is 0.267. The molecule has 2 amide bonds. The lowest BCUT2D eigenvalue weighted by molar-refractivity contribution is -0.133. The molecule has 0 aliphatic heterocycles. The molecule has 0 spiro atoms. The van der Waals surface area contributed by atoms with Gasteiger partial charge in [-0.25, -0.2) is 0 Å². The van der Waals surface area contributed by atoms with E-state index in [1.807, 2.05) is 0 Å². The second-order valence-corrected chi connectivity index (χ2v) is 11.3. The van der Waals surface area contributed by atoms with Gasteiger partial charge in [0.05, 0.1) is 0 Å². The van der Waals surface area contributed by atoms with Crippen LogP contribution in [0.3, 0.4) is 0 Å². The van der Waals surface area contributed by atoms with Crippen LogP contribution in [0.25, 0.3) is 0 Å². The van der Waals surface area contributed by atoms with Crippen molar-refractivity contribution in [3.63, 3.8) is 0 Å². The Kier molecular flexibility index (Phi) is 27.2. The van der Waals surface area contributed by atoms with Crippen molar-refractivity contribution in [3.05, 3.63) is 0 Å². The molecule has 0 aromatic heterocycles. The molecule has 0 saturated carbocycles. The summed E-state index contributed by atoms with van der Waals surface area (Å²) >= 11 is 0. The number of hydrogen-bond acceptors (Lipinski definition) is 2. The molecule has 4 nitrogen and oxygen atoms in total. The van der Waals surface area contributed by atoms with Crippen molar-refractivity contribution in [2.24, 2.45) is 0 Å². The highest BCUT2D eigenvalue weighted by Gasteiger charge is 2.16. The first kappa shape index (κ1) is 35.9. The molecular formula is C33H66N2O2. The van der Waals surface area contributed by atoms with Crippen LogP contribution in [0.1, 0.15) is 175 Å². The molecular weight excluding hydrogens is 456 g/mol. The van der Waals surface area contributed by atoms with Gasteiger partial charge in [0.1, 0.15) is 0 Å². The predicted octanol–water partition coefficient (Wildman–Crippen LogP) is 9.70. The van der Waals surface area contributed by atoms with Crippen molar-refractivity contribution < 1.29 is 9.59 Å².